The van der Waals surface area contributed by atoms with Gasteiger partial charge in [-0.25, -0.2) is 0 Å². The first kappa shape index (κ1) is 13.0. The van der Waals surface area contributed by atoms with Crippen LogP contribution in [0.15, 0.2) is 0 Å². The summed E-state index contributed by atoms with van der Waals surface area (Å²) in [6, 6.07) is 0.471. The van der Waals surface area contributed by atoms with Crippen LogP contribution in [-0.2, 0) is 4.74 Å². The third kappa shape index (κ3) is 4.98. The number of hydrogen-bond donors (Lipinski definition) is 1. The molecule has 2 atom stereocenters. The second kappa shape index (κ2) is 7.24. The first-order valence-electron chi connectivity index (χ1n) is 6.50. The van der Waals surface area contributed by atoms with Gasteiger partial charge in [0, 0.05) is 13.2 Å². The van der Waals surface area contributed by atoms with E-state index in [-0.39, 0.29) is 0 Å². The van der Waals surface area contributed by atoms with Gasteiger partial charge in [-0.3, -0.25) is 0 Å². The average molecular weight is 213 g/mol. The first-order valence-corrected chi connectivity index (χ1v) is 6.50. The van der Waals surface area contributed by atoms with E-state index >= 15 is 0 Å². The molecule has 1 saturated carbocycles. The van der Waals surface area contributed by atoms with Gasteiger partial charge in [0.25, 0.3) is 0 Å². The topological polar surface area (TPSA) is 21.3 Å². The van der Waals surface area contributed by atoms with Crippen LogP contribution in [0.3, 0.4) is 0 Å². The molecule has 1 aliphatic carbocycles. The zero-order valence-electron chi connectivity index (χ0n) is 10.6. The highest BCUT2D eigenvalue weighted by molar-refractivity contribution is 4.70. The highest BCUT2D eigenvalue weighted by Gasteiger charge is 2.14. The quantitative estimate of drug-likeness (QED) is 0.656. The molecule has 0 aromatic carbocycles. The zero-order valence-corrected chi connectivity index (χ0v) is 10.6. The van der Waals surface area contributed by atoms with Gasteiger partial charge in [-0.1, -0.05) is 25.7 Å². The Labute approximate surface area is 94.8 Å². The second-order valence-electron chi connectivity index (χ2n) is 4.98. The van der Waals surface area contributed by atoms with E-state index < -0.39 is 0 Å². The van der Waals surface area contributed by atoms with Crippen molar-refractivity contribution in [2.45, 2.75) is 64.5 Å². The molecule has 90 valence electrons. The van der Waals surface area contributed by atoms with Gasteiger partial charge in [0.1, 0.15) is 0 Å². The Bertz CT molecular complexity index is 155. The zero-order chi connectivity index (χ0) is 11.1. The maximum Gasteiger partial charge on any atom is 0.0693 e. The van der Waals surface area contributed by atoms with Crippen LogP contribution in [0, 0.1) is 5.92 Å². The summed E-state index contributed by atoms with van der Waals surface area (Å²) in [7, 11) is 1.78. The summed E-state index contributed by atoms with van der Waals surface area (Å²) in [5.74, 6) is 1.03. The number of methoxy groups -OCH3 is 1. The van der Waals surface area contributed by atoms with E-state index in [0.717, 1.165) is 12.5 Å². The van der Waals surface area contributed by atoms with Crippen LogP contribution in [-0.4, -0.2) is 25.8 Å². The number of nitrogens with one attached hydrogen (secondary N) is 1. The standard InChI is InChI=1S/C13H27NO/c1-11(12(2)15-3)14-10-6-9-13-7-4-5-8-13/h11-14H,4-10H2,1-3H3. The second-order valence-corrected chi connectivity index (χ2v) is 4.98. The predicted molar refractivity (Wildman–Crippen MR) is 65.1 cm³/mol. The summed E-state index contributed by atoms with van der Waals surface area (Å²) in [5.41, 5.74) is 0. The van der Waals surface area contributed by atoms with Gasteiger partial charge >= 0.3 is 0 Å². The maximum absolute atomic E-state index is 5.28. The van der Waals surface area contributed by atoms with Crippen LogP contribution in [0.2, 0.25) is 0 Å². The van der Waals surface area contributed by atoms with Gasteiger partial charge in [-0.15, -0.1) is 0 Å². The van der Waals surface area contributed by atoms with Crippen LogP contribution in [0.5, 0.6) is 0 Å². The minimum absolute atomic E-state index is 0.316. The van der Waals surface area contributed by atoms with Gasteiger partial charge in [0.15, 0.2) is 0 Å². The molecule has 2 nitrogen and oxygen atoms in total. The number of rotatable bonds is 7. The molecule has 0 aliphatic heterocycles. The van der Waals surface area contributed by atoms with Crippen LogP contribution in [0.1, 0.15) is 52.4 Å². The van der Waals surface area contributed by atoms with Crippen molar-refractivity contribution in [2.75, 3.05) is 13.7 Å². The van der Waals surface area contributed by atoms with Crippen LogP contribution in [0.25, 0.3) is 0 Å². The van der Waals surface area contributed by atoms with E-state index in [0.29, 0.717) is 12.1 Å². The maximum atomic E-state index is 5.28. The number of hydrogen-bond acceptors (Lipinski definition) is 2. The van der Waals surface area contributed by atoms with Crippen molar-refractivity contribution in [1.82, 2.24) is 5.32 Å². The summed E-state index contributed by atoms with van der Waals surface area (Å²) in [5, 5.41) is 3.53. The average Bonchev–Trinajstić information content (AvgIpc) is 2.75. The van der Waals surface area contributed by atoms with Crippen LogP contribution < -0.4 is 5.32 Å². The van der Waals surface area contributed by atoms with Crippen LogP contribution >= 0.6 is 0 Å². The summed E-state index contributed by atoms with van der Waals surface area (Å²) < 4.78 is 5.28. The smallest absolute Gasteiger partial charge is 0.0693 e. The molecule has 1 fully saturated rings. The Morgan fingerprint density at radius 2 is 1.93 bits per heavy atom. The lowest BCUT2D eigenvalue weighted by Crippen LogP contribution is -2.37. The summed E-state index contributed by atoms with van der Waals surface area (Å²) in [6.45, 7) is 5.46. The lowest BCUT2D eigenvalue weighted by molar-refractivity contribution is 0.0886. The van der Waals surface area contributed by atoms with Crippen LogP contribution in [0.4, 0.5) is 0 Å². The molecule has 0 aromatic rings. The van der Waals surface area contributed by atoms with Crippen molar-refractivity contribution in [3.05, 3.63) is 0 Å². The molecule has 0 amide bonds. The fourth-order valence-corrected chi connectivity index (χ4v) is 2.39. The van der Waals surface area contributed by atoms with Gasteiger partial charge in [0.05, 0.1) is 6.10 Å². The largest absolute Gasteiger partial charge is 0.380 e. The van der Waals surface area contributed by atoms with Crippen molar-refractivity contribution in [3.8, 4) is 0 Å². The number of ether oxygens (including phenoxy) is 1. The van der Waals surface area contributed by atoms with E-state index in [1.165, 1.54) is 38.5 Å². The van der Waals surface area contributed by atoms with Crippen molar-refractivity contribution in [3.63, 3.8) is 0 Å². The summed E-state index contributed by atoms with van der Waals surface area (Å²) >= 11 is 0. The SMILES string of the molecule is COC(C)C(C)NCCCC1CCCC1. The molecule has 0 bridgehead atoms. The molecular weight excluding hydrogens is 186 g/mol. The highest BCUT2D eigenvalue weighted by Crippen LogP contribution is 2.28. The molecule has 1 rings (SSSR count). The van der Waals surface area contributed by atoms with Gasteiger partial charge in [-0.05, 0) is 39.2 Å². The molecule has 0 radical (unpaired) electrons. The Hall–Kier alpha value is -0.0800. The van der Waals surface area contributed by atoms with Crippen molar-refractivity contribution < 1.29 is 4.74 Å². The molecule has 2 unspecified atom stereocenters. The summed E-state index contributed by atoms with van der Waals surface area (Å²) in [6.07, 6.45) is 8.95. The molecule has 0 saturated heterocycles. The molecule has 1 N–H and O–H groups in total. The fraction of sp³-hybridized carbons (Fsp3) is 1.00. The lowest BCUT2D eigenvalue weighted by atomic mass is 10.0. The van der Waals surface area contributed by atoms with E-state index in [2.05, 4.69) is 19.2 Å². The van der Waals surface area contributed by atoms with Crippen molar-refractivity contribution in [2.24, 2.45) is 5.92 Å². The van der Waals surface area contributed by atoms with Gasteiger partial charge in [-0.2, -0.15) is 0 Å². The molecule has 2 heteroatoms. The van der Waals surface area contributed by atoms with Crippen molar-refractivity contribution >= 4 is 0 Å². The molecule has 1 aliphatic rings. The molecular formula is C13H27NO. The van der Waals surface area contributed by atoms with E-state index in [9.17, 15) is 0 Å². The van der Waals surface area contributed by atoms with E-state index in [1.54, 1.807) is 7.11 Å². The molecule has 15 heavy (non-hydrogen) atoms. The molecule has 0 heterocycles. The highest BCUT2D eigenvalue weighted by atomic mass is 16.5. The first-order chi connectivity index (χ1) is 7.24. The van der Waals surface area contributed by atoms with E-state index in [1.807, 2.05) is 0 Å². The minimum Gasteiger partial charge on any atom is -0.380 e. The summed E-state index contributed by atoms with van der Waals surface area (Å²) in [4.78, 5) is 0. The Morgan fingerprint density at radius 1 is 1.27 bits per heavy atom. The Morgan fingerprint density at radius 3 is 2.53 bits per heavy atom. The fourth-order valence-electron chi connectivity index (χ4n) is 2.39. The third-order valence-electron chi connectivity index (χ3n) is 3.81. The predicted octanol–water partition coefficient (Wildman–Crippen LogP) is 2.97. The van der Waals surface area contributed by atoms with Gasteiger partial charge < -0.3 is 10.1 Å². The monoisotopic (exact) mass is 213 g/mol. The minimum atomic E-state index is 0.316. The normalized spacial score (nSPS) is 21.8. The van der Waals surface area contributed by atoms with Crippen molar-refractivity contribution in [1.29, 1.82) is 0 Å². The molecule has 0 aromatic heterocycles. The lowest BCUT2D eigenvalue weighted by Gasteiger charge is -2.20. The van der Waals surface area contributed by atoms with E-state index in [4.69, 9.17) is 4.74 Å². The Kier molecular flexibility index (Phi) is 6.26. The third-order valence-corrected chi connectivity index (χ3v) is 3.81. The Balaban J connectivity index is 1.96. The van der Waals surface area contributed by atoms with Gasteiger partial charge in [0.2, 0.25) is 0 Å². The molecule has 0 spiro atoms.